The Morgan fingerprint density at radius 1 is 1.42 bits per heavy atom. The van der Waals surface area contributed by atoms with Crippen LogP contribution >= 0.6 is 12.2 Å². The van der Waals surface area contributed by atoms with Gasteiger partial charge in [0.15, 0.2) is 5.11 Å². The first kappa shape index (κ1) is 11.7. The standard InChI is InChI=1S/C9H20N2S/c1-6-9(3,4)11(5)8(12)10-7-2/h6-7H2,1-5H3,(H,10,12). The fraction of sp³-hybridized carbons (Fsp3) is 0.889. The number of rotatable bonds is 3. The summed E-state index contributed by atoms with van der Waals surface area (Å²) in [6, 6.07) is 0. The van der Waals surface area contributed by atoms with E-state index in [0.717, 1.165) is 18.1 Å². The summed E-state index contributed by atoms with van der Waals surface area (Å²) in [6.07, 6.45) is 1.09. The van der Waals surface area contributed by atoms with Gasteiger partial charge in [0, 0.05) is 19.1 Å². The molecule has 0 amide bonds. The van der Waals surface area contributed by atoms with Crippen LogP contribution in [-0.4, -0.2) is 29.1 Å². The smallest absolute Gasteiger partial charge is 0.169 e. The minimum atomic E-state index is 0.152. The van der Waals surface area contributed by atoms with Gasteiger partial charge in [-0.15, -0.1) is 0 Å². The number of hydrogen-bond donors (Lipinski definition) is 1. The molecule has 0 aliphatic rings. The molecule has 3 heteroatoms. The molecule has 0 radical (unpaired) electrons. The molecule has 2 nitrogen and oxygen atoms in total. The number of nitrogens with zero attached hydrogens (tertiary/aromatic N) is 1. The zero-order chi connectivity index (χ0) is 9.78. The first-order valence-corrected chi connectivity index (χ1v) is 4.88. The van der Waals surface area contributed by atoms with Crippen LogP contribution in [0.5, 0.6) is 0 Å². The molecule has 0 aromatic heterocycles. The molecule has 0 saturated carbocycles. The Kier molecular flexibility index (Phi) is 4.53. The Labute approximate surface area is 81.3 Å². The second-order valence-electron chi connectivity index (χ2n) is 3.56. The lowest BCUT2D eigenvalue weighted by Crippen LogP contribution is -2.48. The highest BCUT2D eigenvalue weighted by Gasteiger charge is 2.22. The summed E-state index contributed by atoms with van der Waals surface area (Å²) in [7, 11) is 2.04. The van der Waals surface area contributed by atoms with E-state index in [4.69, 9.17) is 12.2 Å². The molecule has 0 bridgehead atoms. The van der Waals surface area contributed by atoms with E-state index in [-0.39, 0.29) is 5.54 Å². The number of nitrogens with one attached hydrogen (secondary N) is 1. The third-order valence-corrected chi connectivity index (χ3v) is 2.82. The molecular formula is C9H20N2S. The number of hydrogen-bond acceptors (Lipinski definition) is 1. The average Bonchev–Trinajstić information content (AvgIpc) is 2.03. The van der Waals surface area contributed by atoms with Gasteiger partial charge in [0.05, 0.1) is 0 Å². The van der Waals surface area contributed by atoms with Crippen molar-refractivity contribution in [2.75, 3.05) is 13.6 Å². The third-order valence-electron chi connectivity index (χ3n) is 2.41. The van der Waals surface area contributed by atoms with Crippen LogP contribution in [0.3, 0.4) is 0 Å². The average molecular weight is 188 g/mol. The lowest BCUT2D eigenvalue weighted by atomic mass is 10.0. The Hall–Kier alpha value is -0.310. The van der Waals surface area contributed by atoms with Crippen LogP contribution in [0.1, 0.15) is 34.1 Å². The predicted molar refractivity (Wildman–Crippen MR) is 58.4 cm³/mol. The van der Waals surface area contributed by atoms with Crippen molar-refractivity contribution >= 4 is 17.3 Å². The predicted octanol–water partition coefficient (Wildman–Crippen LogP) is 2.00. The molecule has 0 fully saturated rings. The van der Waals surface area contributed by atoms with Gasteiger partial charge in [-0.25, -0.2) is 0 Å². The van der Waals surface area contributed by atoms with Gasteiger partial charge >= 0.3 is 0 Å². The third kappa shape index (κ3) is 2.97. The van der Waals surface area contributed by atoms with E-state index in [2.05, 4.69) is 37.9 Å². The molecule has 0 heterocycles. The quantitative estimate of drug-likeness (QED) is 0.682. The summed E-state index contributed by atoms with van der Waals surface area (Å²) in [5, 5.41) is 3.98. The van der Waals surface area contributed by atoms with Crippen LogP contribution in [0.4, 0.5) is 0 Å². The SMILES string of the molecule is CCNC(=S)N(C)C(C)(C)CC. The molecule has 0 spiro atoms. The summed E-state index contributed by atoms with van der Waals surface area (Å²) >= 11 is 5.21. The molecule has 0 atom stereocenters. The van der Waals surface area contributed by atoms with E-state index < -0.39 is 0 Å². The Bertz CT molecular complexity index is 155. The van der Waals surface area contributed by atoms with Crippen LogP contribution in [0.15, 0.2) is 0 Å². The molecule has 0 rings (SSSR count). The minimum Gasteiger partial charge on any atom is -0.363 e. The van der Waals surface area contributed by atoms with Crippen molar-refractivity contribution in [2.24, 2.45) is 0 Å². The van der Waals surface area contributed by atoms with E-state index in [9.17, 15) is 0 Å². The molecule has 0 saturated heterocycles. The van der Waals surface area contributed by atoms with Crippen molar-refractivity contribution in [1.29, 1.82) is 0 Å². The summed E-state index contributed by atoms with van der Waals surface area (Å²) in [4.78, 5) is 2.12. The van der Waals surface area contributed by atoms with E-state index in [1.807, 2.05) is 7.05 Å². The maximum Gasteiger partial charge on any atom is 0.169 e. The van der Waals surface area contributed by atoms with Gasteiger partial charge < -0.3 is 10.2 Å². The first-order chi connectivity index (χ1) is 5.45. The minimum absolute atomic E-state index is 0.152. The van der Waals surface area contributed by atoms with E-state index >= 15 is 0 Å². The van der Waals surface area contributed by atoms with Crippen LogP contribution < -0.4 is 5.32 Å². The zero-order valence-electron chi connectivity index (χ0n) is 8.77. The Morgan fingerprint density at radius 3 is 2.25 bits per heavy atom. The topological polar surface area (TPSA) is 15.3 Å². The lowest BCUT2D eigenvalue weighted by molar-refractivity contribution is 0.244. The normalized spacial score (nSPS) is 11.1. The van der Waals surface area contributed by atoms with Gasteiger partial charge in [-0.3, -0.25) is 0 Å². The molecule has 0 aliphatic carbocycles. The van der Waals surface area contributed by atoms with Crippen molar-refractivity contribution in [2.45, 2.75) is 39.7 Å². The second kappa shape index (κ2) is 4.65. The summed E-state index contributed by atoms with van der Waals surface area (Å²) in [6.45, 7) is 9.50. The Morgan fingerprint density at radius 2 is 1.92 bits per heavy atom. The molecule has 0 unspecified atom stereocenters. The van der Waals surface area contributed by atoms with Crippen molar-refractivity contribution in [3.63, 3.8) is 0 Å². The van der Waals surface area contributed by atoms with Crippen LogP contribution in [0, 0.1) is 0 Å². The maximum absolute atomic E-state index is 5.21. The summed E-state index contributed by atoms with van der Waals surface area (Å²) in [5.41, 5.74) is 0.152. The molecule has 0 aliphatic heterocycles. The molecular weight excluding hydrogens is 168 g/mol. The molecule has 12 heavy (non-hydrogen) atoms. The monoisotopic (exact) mass is 188 g/mol. The highest BCUT2D eigenvalue weighted by molar-refractivity contribution is 7.80. The fourth-order valence-electron chi connectivity index (χ4n) is 0.782. The van der Waals surface area contributed by atoms with Crippen LogP contribution in [-0.2, 0) is 0 Å². The largest absolute Gasteiger partial charge is 0.363 e. The van der Waals surface area contributed by atoms with Crippen molar-refractivity contribution in [1.82, 2.24) is 10.2 Å². The highest BCUT2D eigenvalue weighted by atomic mass is 32.1. The lowest BCUT2D eigenvalue weighted by Gasteiger charge is -2.36. The van der Waals surface area contributed by atoms with Gasteiger partial charge in [-0.1, -0.05) is 6.92 Å². The van der Waals surface area contributed by atoms with Crippen molar-refractivity contribution in [3.8, 4) is 0 Å². The fourth-order valence-corrected chi connectivity index (χ4v) is 1.17. The summed E-state index contributed by atoms with van der Waals surface area (Å²) in [5.74, 6) is 0. The van der Waals surface area contributed by atoms with E-state index in [0.29, 0.717) is 0 Å². The Balaban J connectivity index is 4.17. The van der Waals surface area contributed by atoms with Gasteiger partial charge in [0.25, 0.3) is 0 Å². The van der Waals surface area contributed by atoms with E-state index in [1.165, 1.54) is 0 Å². The van der Waals surface area contributed by atoms with Crippen molar-refractivity contribution < 1.29 is 0 Å². The number of thiocarbonyl (C=S) groups is 1. The van der Waals surface area contributed by atoms with Gasteiger partial charge in [-0.05, 0) is 39.4 Å². The van der Waals surface area contributed by atoms with Gasteiger partial charge in [-0.2, -0.15) is 0 Å². The highest BCUT2D eigenvalue weighted by Crippen LogP contribution is 2.15. The van der Waals surface area contributed by atoms with Crippen molar-refractivity contribution in [3.05, 3.63) is 0 Å². The summed E-state index contributed by atoms with van der Waals surface area (Å²) < 4.78 is 0. The maximum atomic E-state index is 5.21. The van der Waals surface area contributed by atoms with Gasteiger partial charge in [0.1, 0.15) is 0 Å². The zero-order valence-corrected chi connectivity index (χ0v) is 9.59. The molecule has 0 aromatic rings. The van der Waals surface area contributed by atoms with Crippen LogP contribution in [0.25, 0.3) is 0 Å². The molecule has 72 valence electrons. The molecule has 1 N–H and O–H groups in total. The second-order valence-corrected chi connectivity index (χ2v) is 3.95. The van der Waals surface area contributed by atoms with Gasteiger partial charge in [0.2, 0.25) is 0 Å². The first-order valence-electron chi connectivity index (χ1n) is 4.47. The van der Waals surface area contributed by atoms with Crippen LogP contribution in [0.2, 0.25) is 0 Å². The molecule has 0 aromatic carbocycles. The van der Waals surface area contributed by atoms with E-state index in [1.54, 1.807) is 0 Å².